The minimum atomic E-state index is 0. The van der Waals surface area contributed by atoms with Crippen LogP contribution in [0.15, 0.2) is 47.8 Å². The highest BCUT2D eigenvalue weighted by molar-refractivity contribution is 14.0. The van der Waals surface area contributed by atoms with E-state index in [0.717, 1.165) is 44.1 Å². The number of fused-ring (bicyclic) bond motifs is 1. The molecule has 1 aliphatic rings. The van der Waals surface area contributed by atoms with E-state index in [1.165, 1.54) is 11.1 Å². The summed E-state index contributed by atoms with van der Waals surface area (Å²) in [5, 5.41) is 10.1. The first kappa shape index (κ1) is 19.4. The van der Waals surface area contributed by atoms with Gasteiger partial charge in [-0.25, -0.2) is 4.98 Å². The van der Waals surface area contributed by atoms with Gasteiger partial charge in [-0.05, 0) is 30.4 Å². The average molecular weight is 452 g/mol. The quantitative estimate of drug-likeness (QED) is 0.281. The molecule has 0 aliphatic heterocycles. The highest BCUT2D eigenvalue weighted by atomic mass is 127. The number of anilines is 1. The van der Waals surface area contributed by atoms with E-state index in [9.17, 15) is 0 Å². The summed E-state index contributed by atoms with van der Waals surface area (Å²) in [6, 6.07) is 9.13. The molecular weight excluding hydrogens is 427 g/mol. The van der Waals surface area contributed by atoms with E-state index in [2.05, 4.69) is 55.2 Å². The molecule has 2 aromatic rings. The van der Waals surface area contributed by atoms with Gasteiger partial charge < -0.3 is 16.0 Å². The van der Waals surface area contributed by atoms with Crippen LogP contribution in [0.3, 0.4) is 0 Å². The van der Waals surface area contributed by atoms with Crippen molar-refractivity contribution in [3.63, 3.8) is 0 Å². The van der Waals surface area contributed by atoms with Crippen LogP contribution in [-0.4, -0.2) is 42.1 Å². The van der Waals surface area contributed by atoms with Crippen molar-refractivity contribution in [2.24, 2.45) is 4.99 Å². The standard InChI is InChI=1S/C18H24N6.HI/c1-19-18(23-11-10-22-17-13-20-8-9-21-17)24-16-7-6-14-4-2-3-5-15(14)12-16;/h2-5,8-9,13,16H,6-7,10-12H2,1H3,(H,21,22)(H2,19,23,24);1H. The molecule has 0 saturated heterocycles. The lowest BCUT2D eigenvalue weighted by atomic mass is 9.88. The van der Waals surface area contributed by atoms with Crippen molar-refractivity contribution in [3.8, 4) is 0 Å². The second kappa shape index (κ2) is 10.2. The summed E-state index contributed by atoms with van der Waals surface area (Å²) in [7, 11) is 1.81. The van der Waals surface area contributed by atoms with E-state index < -0.39 is 0 Å². The van der Waals surface area contributed by atoms with Crippen LogP contribution >= 0.6 is 24.0 Å². The summed E-state index contributed by atoms with van der Waals surface area (Å²) < 4.78 is 0. The van der Waals surface area contributed by atoms with E-state index in [4.69, 9.17) is 0 Å². The molecule has 0 fully saturated rings. The Hall–Kier alpha value is -1.90. The summed E-state index contributed by atoms with van der Waals surface area (Å²) in [4.78, 5) is 12.5. The molecule has 0 bridgehead atoms. The first-order valence-corrected chi connectivity index (χ1v) is 8.39. The average Bonchev–Trinajstić information content (AvgIpc) is 2.65. The zero-order valence-electron chi connectivity index (χ0n) is 14.4. The van der Waals surface area contributed by atoms with E-state index >= 15 is 0 Å². The van der Waals surface area contributed by atoms with Crippen LogP contribution in [0.5, 0.6) is 0 Å². The molecule has 7 heteroatoms. The van der Waals surface area contributed by atoms with Crippen LogP contribution in [0.1, 0.15) is 17.5 Å². The molecule has 1 unspecified atom stereocenters. The van der Waals surface area contributed by atoms with Crippen molar-refractivity contribution in [3.05, 3.63) is 54.0 Å². The fourth-order valence-corrected chi connectivity index (χ4v) is 2.97. The van der Waals surface area contributed by atoms with Gasteiger partial charge in [-0.15, -0.1) is 24.0 Å². The molecule has 1 aromatic heterocycles. The number of aromatic nitrogens is 2. The number of guanidine groups is 1. The van der Waals surface area contributed by atoms with Crippen LogP contribution in [0.4, 0.5) is 5.82 Å². The van der Waals surface area contributed by atoms with E-state index in [-0.39, 0.29) is 24.0 Å². The molecule has 0 saturated carbocycles. The van der Waals surface area contributed by atoms with Crippen molar-refractivity contribution < 1.29 is 0 Å². The number of rotatable bonds is 5. The monoisotopic (exact) mass is 452 g/mol. The molecule has 1 heterocycles. The Kier molecular flexibility index (Phi) is 7.90. The van der Waals surface area contributed by atoms with E-state index in [0.29, 0.717) is 6.04 Å². The second-order valence-corrected chi connectivity index (χ2v) is 5.87. The molecule has 6 nitrogen and oxygen atoms in total. The first-order chi connectivity index (χ1) is 11.8. The summed E-state index contributed by atoms with van der Waals surface area (Å²) in [5.74, 6) is 1.63. The van der Waals surface area contributed by atoms with Crippen LogP contribution in [0.25, 0.3) is 0 Å². The maximum atomic E-state index is 4.32. The van der Waals surface area contributed by atoms with Gasteiger partial charge in [-0.3, -0.25) is 9.98 Å². The molecule has 0 radical (unpaired) electrons. The lowest BCUT2D eigenvalue weighted by Gasteiger charge is -2.27. The molecule has 0 spiro atoms. The Labute approximate surface area is 166 Å². The number of hydrogen-bond acceptors (Lipinski definition) is 4. The van der Waals surface area contributed by atoms with Crippen LogP contribution < -0.4 is 16.0 Å². The minimum Gasteiger partial charge on any atom is -0.367 e. The summed E-state index contributed by atoms with van der Waals surface area (Å²) in [5.41, 5.74) is 2.92. The highest BCUT2D eigenvalue weighted by Gasteiger charge is 2.18. The molecule has 1 aromatic carbocycles. The fourth-order valence-electron chi connectivity index (χ4n) is 2.97. The number of benzene rings is 1. The van der Waals surface area contributed by atoms with Crippen LogP contribution in [0.2, 0.25) is 0 Å². The van der Waals surface area contributed by atoms with E-state index in [1.54, 1.807) is 18.6 Å². The Morgan fingerprint density at radius 3 is 2.80 bits per heavy atom. The van der Waals surface area contributed by atoms with Crippen molar-refractivity contribution in [2.75, 3.05) is 25.5 Å². The maximum absolute atomic E-state index is 4.32. The van der Waals surface area contributed by atoms with Crippen LogP contribution in [0, 0.1) is 0 Å². The van der Waals surface area contributed by atoms with Gasteiger partial charge in [-0.1, -0.05) is 24.3 Å². The minimum absolute atomic E-state index is 0. The number of aliphatic imine (C=N–C) groups is 1. The summed E-state index contributed by atoms with van der Waals surface area (Å²) in [6.07, 6.45) is 8.37. The van der Waals surface area contributed by atoms with Crippen LogP contribution in [-0.2, 0) is 12.8 Å². The van der Waals surface area contributed by atoms with Gasteiger partial charge in [0.15, 0.2) is 5.96 Å². The molecule has 1 atom stereocenters. The highest BCUT2D eigenvalue weighted by Crippen LogP contribution is 2.20. The lowest BCUT2D eigenvalue weighted by Crippen LogP contribution is -2.46. The Bertz CT molecular complexity index is 676. The smallest absolute Gasteiger partial charge is 0.191 e. The molecule has 0 amide bonds. The van der Waals surface area contributed by atoms with Gasteiger partial charge in [0.2, 0.25) is 0 Å². The SMILES string of the molecule is CN=C(NCCNc1cnccn1)NC1CCc2ccccc2C1.I. The maximum Gasteiger partial charge on any atom is 0.191 e. The van der Waals surface area contributed by atoms with Crippen molar-refractivity contribution >= 4 is 35.8 Å². The number of halogens is 1. The normalized spacial score (nSPS) is 16.4. The lowest BCUT2D eigenvalue weighted by molar-refractivity contribution is 0.521. The van der Waals surface area contributed by atoms with Crippen molar-refractivity contribution in [1.82, 2.24) is 20.6 Å². The van der Waals surface area contributed by atoms with Crippen molar-refractivity contribution in [1.29, 1.82) is 0 Å². The molecule has 3 N–H and O–H groups in total. The predicted molar refractivity (Wildman–Crippen MR) is 113 cm³/mol. The third-order valence-corrected chi connectivity index (χ3v) is 4.20. The van der Waals surface area contributed by atoms with Gasteiger partial charge in [-0.2, -0.15) is 0 Å². The van der Waals surface area contributed by atoms with Crippen molar-refractivity contribution in [2.45, 2.75) is 25.3 Å². The Balaban J connectivity index is 0.00000225. The van der Waals surface area contributed by atoms with Gasteiger partial charge in [0.25, 0.3) is 0 Å². The fraction of sp³-hybridized carbons (Fsp3) is 0.389. The second-order valence-electron chi connectivity index (χ2n) is 5.87. The van der Waals surface area contributed by atoms with E-state index in [1.807, 2.05) is 7.05 Å². The van der Waals surface area contributed by atoms with Gasteiger partial charge >= 0.3 is 0 Å². The first-order valence-electron chi connectivity index (χ1n) is 8.39. The Morgan fingerprint density at radius 1 is 1.20 bits per heavy atom. The molecule has 3 rings (SSSR count). The zero-order chi connectivity index (χ0) is 16.6. The molecule has 134 valence electrons. The number of aryl methyl sites for hydroxylation is 1. The predicted octanol–water partition coefficient (Wildman–Crippen LogP) is 2.23. The zero-order valence-corrected chi connectivity index (χ0v) is 16.7. The van der Waals surface area contributed by atoms with Gasteiger partial charge in [0.05, 0.1) is 6.20 Å². The Morgan fingerprint density at radius 2 is 2.04 bits per heavy atom. The summed E-state index contributed by atoms with van der Waals surface area (Å²) in [6.45, 7) is 1.52. The van der Waals surface area contributed by atoms with Gasteiger partial charge in [0.1, 0.15) is 5.82 Å². The largest absolute Gasteiger partial charge is 0.367 e. The van der Waals surface area contributed by atoms with Gasteiger partial charge in [0, 0.05) is 38.6 Å². The molecule has 1 aliphatic carbocycles. The number of nitrogens with zero attached hydrogens (tertiary/aromatic N) is 3. The third kappa shape index (κ3) is 5.84. The number of nitrogens with one attached hydrogen (secondary N) is 3. The third-order valence-electron chi connectivity index (χ3n) is 4.20. The molecular formula is C18H25IN6. The topological polar surface area (TPSA) is 74.2 Å². The number of hydrogen-bond donors (Lipinski definition) is 3. The summed E-state index contributed by atoms with van der Waals surface area (Å²) >= 11 is 0. The molecule has 25 heavy (non-hydrogen) atoms.